The van der Waals surface area contributed by atoms with Crippen LogP contribution >= 0.6 is 0 Å². The zero-order valence-electron chi connectivity index (χ0n) is 12.7. The van der Waals surface area contributed by atoms with Crippen LogP contribution in [0.4, 0.5) is 5.82 Å². The van der Waals surface area contributed by atoms with E-state index in [4.69, 9.17) is 14.1 Å². The Labute approximate surface area is 134 Å². The number of pyridine rings is 1. The summed E-state index contributed by atoms with van der Waals surface area (Å²) in [5.41, 5.74) is 1.77. The smallest absolute Gasteiger partial charge is 0.135 e. The molecule has 0 bridgehead atoms. The van der Waals surface area contributed by atoms with Gasteiger partial charge in [-0.05, 0) is 24.3 Å². The summed E-state index contributed by atoms with van der Waals surface area (Å²) in [5.74, 6) is 1.65. The number of aliphatic hydroxyl groups excluding tert-OH is 1. The minimum absolute atomic E-state index is 0.0318. The van der Waals surface area contributed by atoms with Crippen LogP contribution in [0.25, 0.3) is 10.9 Å². The number of anilines is 1. The number of fused-ring (bicyclic) bond motifs is 1. The van der Waals surface area contributed by atoms with E-state index in [1.165, 1.54) is 0 Å². The van der Waals surface area contributed by atoms with E-state index in [2.05, 4.69) is 4.90 Å². The molecule has 0 amide bonds. The van der Waals surface area contributed by atoms with E-state index in [1.54, 1.807) is 6.26 Å². The molecule has 1 saturated heterocycles. The average Bonchev–Trinajstić information content (AvgIpc) is 3.15. The van der Waals surface area contributed by atoms with Crippen molar-refractivity contribution in [2.75, 3.05) is 24.6 Å². The fourth-order valence-corrected chi connectivity index (χ4v) is 3.03. The molecule has 3 heterocycles. The van der Waals surface area contributed by atoms with Crippen molar-refractivity contribution in [3.63, 3.8) is 0 Å². The van der Waals surface area contributed by atoms with Gasteiger partial charge in [0.1, 0.15) is 17.7 Å². The first-order valence-corrected chi connectivity index (χ1v) is 7.74. The van der Waals surface area contributed by atoms with Crippen molar-refractivity contribution in [3.05, 3.63) is 60.1 Å². The van der Waals surface area contributed by atoms with Gasteiger partial charge >= 0.3 is 0 Å². The maximum atomic E-state index is 9.74. The van der Waals surface area contributed by atoms with Gasteiger partial charge < -0.3 is 19.2 Å². The lowest BCUT2D eigenvalue weighted by molar-refractivity contribution is 0.0254. The lowest BCUT2D eigenvalue weighted by Gasteiger charge is -2.34. The van der Waals surface area contributed by atoms with Crippen molar-refractivity contribution in [1.29, 1.82) is 0 Å². The number of ether oxygens (including phenoxy) is 1. The van der Waals surface area contributed by atoms with E-state index in [1.807, 2.05) is 42.5 Å². The molecule has 1 unspecified atom stereocenters. The van der Waals surface area contributed by atoms with E-state index in [-0.39, 0.29) is 12.7 Å². The highest BCUT2D eigenvalue weighted by Crippen LogP contribution is 2.29. The number of hydrogen-bond acceptors (Lipinski definition) is 5. The summed E-state index contributed by atoms with van der Waals surface area (Å²) in [4.78, 5) is 6.93. The van der Waals surface area contributed by atoms with Crippen molar-refractivity contribution in [2.24, 2.45) is 0 Å². The fraction of sp³-hybridized carbons (Fsp3) is 0.278. The zero-order valence-corrected chi connectivity index (χ0v) is 12.7. The number of furan rings is 1. The van der Waals surface area contributed by atoms with Crippen molar-refractivity contribution in [3.8, 4) is 0 Å². The number of para-hydroxylation sites is 1. The molecule has 1 aromatic carbocycles. The molecule has 4 rings (SSSR count). The van der Waals surface area contributed by atoms with Gasteiger partial charge in [0.25, 0.3) is 0 Å². The highest BCUT2D eigenvalue weighted by atomic mass is 16.5. The molecule has 23 heavy (non-hydrogen) atoms. The van der Waals surface area contributed by atoms with Crippen molar-refractivity contribution in [2.45, 2.75) is 12.7 Å². The van der Waals surface area contributed by atoms with Gasteiger partial charge in [-0.3, -0.25) is 0 Å². The normalized spacial score (nSPS) is 18.5. The molecule has 0 saturated carbocycles. The molecule has 1 N–H and O–H groups in total. The van der Waals surface area contributed by atoms with E-state index >= 15 is 0 Å². The number of hydrogen-bond donors (Lipinski definition) is 1. The van der Waals surface area contributed by atoms with Crippen LogP contribution in [0, 0.1) is 0 Å². The SMILES string of the molecule is OCc1cc2ccccc2nc1N1CCOC(c2ccco2)C1. The minimum Gasteiger partial charge on any atom is -0.467 e. The number of nitrogens with zero attached hydrogens (tertiary/aromatic N) is 2. The summed E-state index contributed by atoms with van der Waals surface area (Å²) >= 11 is 0. The van der Waals surface area contributed by atoms with Gasteiger partial charge in [0.05, 0.1) is 31.5 Å². The second-order valence-electron chi connectivity index (χ2n) is 5.64. The van der Waals surface area contributed by atoms with Gasteiger partial charge in [0.2, 0.25) is 0 Å². The predicted molar refractivity (Wildman–Crippen MR) is 87.3 cm³/mol. The summed E-state index contributed by atoms with van der Waals surface area (Å²) in [7, 11) is 0. The zero-order chi connectivity index (χ0) is 15.6. The quantitative estimate of drug-likeness (QED) is 0.806. The average molecular weight is 310 g/mol. The first kappa shape index (κ1) is 14.2. The van der Waals surface area contributed by atoms with Crippen LogP contribution in [0.15, 0.2) is 53.1 Å². The number of rotatable bonds is 3. The van der Waals surface area contributed by atoms with Gasteiger partial charge in [-0.15, -0.1) is 0 Å². The van der Waals surface area contributed by atoms with Crippen LogP contribution in [0.5, 0.6) is 0 Å². The van der Waals surface area contributed by atoms with E-state index in [9.17, 15) is 5.11 Å². The molecule has 5 heteroatoms. The standard InChI is InChI=1S/C18H18N2O3/c21-12-14-10-13-4-1-2-5-15(13)19-18(14)20-7-9-23-17(11-20)16-6-3-8-22-16/h1-6,8,10,17,21H,7,9,11-12H2. The van der Waals surface area contributed by atoms with Gasteiger partial charge in [-0.1, -0.05) is 18.2 Å². The van der Waals surface area contributed by atoms with Crippen LogP contribution in [0.1, 0.15) is 17.4 Å². The van der Waals surface area contributed by atoms with Crippen LogP contribution in [0.2, 0.25) is 0 Å². The molecule has 5 nitrogen and oxygen atoms in total. The highest BCUT2D eigenvalue weighted by Gasteiger charge is 2.26. The highest BCUT2D eigenvalue weighted by molar-refractivity contribution is 5.81. The van der Waals surface area contributed by atoms with Gasteiger partial charge in [0, 0.05) is 17.5 Å². The summed E-state index contributed by atoms with van der Waals surface area (Å²) in [6.07, 6.45) is 1.55. The van der Waals surface area contributed by atoms with Crippen molar-refractivity contribution < 1.29 is 14.3 Å². The second-order valence-corrected chi connectivity index (χ2v) is 5.64. The Balaban J connectivity index is 1.69. The minimum atomic E-state index is -0.112. The Morgan fingerprint density at radius 2 is 2.13 bits per heavy atom. The van der Waals surface area contributed by atoms with Crippen LogP contribution in [0.3, 0.4) is 0 Å². The molecule has 1 aliphatic rings. The summed E-state index contributed by atoms with van der Waals surface area (Å²) in [6, 6.07) is 13.8. The molecule has 118 valence electrons. The van der Waals surface area contributed by atoms with E-state index < -0.39 is 0 Å². The molecule has 0 spiro atoms. The topological polar surface area (TPSA) is 58.7 Å². The van der Waals surface area contributed by atoms with E-state index in [0.29, 0.717) is 13.2 Å². The Morgan fingerprint density at radius 1 is 1.22 bits per heavy atom. The number of aliphatic hydroxyl groups is 1. The number of benzene rings is 1. The third kappa shape index (κ3) is 2.69. The molecule has 2 aromatic heterocycles. The Morgan fingerprint density at radius 3 is 2.96 bits per heavy atom. The van der Waals surface area contributed by atoms with Crippen LogP contribution < -0.4 is 4.90 Å². The lowest BCUT2D eigenvalue weighted by Crippen LogP contribution is -2.39. The molecule has 1 fully saturated rings. The molecule has 0 aliphatic carbocycles. The third-order valence-electron chi connectivity index (χ3n) is 4.18. The largest absolute Gasteiger partial charge is 0.467 e. The van der Waals surface area contributed by atoms with Crippen LogP contribution in [-0.2, 0) is 11.3 Å². The Kier molecular flexibility index (Phi) is 3.73. The van der Waals surface area contributed by atoms with Gasteiger partial charge in [0.15, 0.2) is 0 Å². The summed E-state index contributed by atoms with van der Waals surface area (Å²) in [5, 5.41) is 10.8. The molecular weight excluding hydrogens is 292 g/mol. The molecule has 3 aromatic rings. The van der Waals surface area contributed by atoms with Crippen molar-refractivity contribution >= 4 is 16.7 Å². The van der Waals surface area contributed by atoms with Crippen LogP contribution in [-0.4, -0.2) is 29.8 Å². The third-order valence-corrected chi connectivity index (χ3v) is 4.18. The number of aromatic nitrogens is 1. The molecule has 1 aliphatic heterocycles. The van der Waals surface area contributed by atoms with Crippen molar-refractivity contribution in [1.82, 2.24) is 4.98 Å². The summed E-state index contributed by atoms with van der Waals surface area (Å²) < 4.78 is 11.3. The van der Waals surface area contributed by atoms with Gasteiger partial charge in [-0.25, -0.2) is 4.98 Å². The Hall–Kier alpha value is -2.37. The molecule has 0 radical (unpaired) electrons. The monoisotopic (exact) mass is 310 g/mol. The van der Waals surface area contributed by atoms with Gasteiger partial charge in [-0.2, -0.15) is 0 Å². The maximum absolute atomic E-state index is 9.74. The molecular formula is C18H18N2O3. The first-order valence-electron chi connectivity index (χ1n) is 7.74. The first-order chi connectivity index (χ1) is 11.3. The van der Waals surface area contributed by atoms with E-state index in [0.717, 1.165) is 34.6 Å². The maximum Gasteiger partial charge on any atom is 0.135 e. The lowest BCUT2D eigenvalue weighted by atomic mass is 10.1. The Bertz CT molecular complexity index is 801. The number of morpholine rings is 1. The fourth-order valence-electron chi connectivity index (χ4n) is 3.03. The second kappa shape index (κ2) is 6.02. The predicted octanol–water partition coefficient (Wildman–Crippen LogP) is 2.90. The summed E-state index contributed by atoms with van der Waals surface area (Å²) in [6.45, 7) is 1.97. The molecule has 1 atom stereocenters.